The predicted molar refractivity (Wildman–Crippen MR) is 83.3 cm³/mol. The maximum Gasteiger partial charge on any atom is 0.195 e. The van der Waals surface area contributed by atoms with Crippen molar-refractivity contribution in [1.29, 1.82) is 0 Å². The number of carbonyl (C=O) groups is 1. The number of rotatable bonds is 4. The molecule has 2 heterocycles. The summed E-state index contributed by atoms with van der Waals surface area (Å²) in [4.78, 5) is 20.8. The van der Waals surface area contributed by atoms with Crippen LogP contribution in [0.5, 0.6) is 0 Å². The first-order valence-electron chi connectivity index (χ1n) is 6.72. The van der Waals surface area contributed by atoms with Gasteiger partial charge in [-0.3, -0.25) is 4.79 Å². The average Bonchev–Trinajstić information content (AvgIpc) is 2.87. The molecule has 0 aliphatic heterocycles. The lowest BCUT2D eigenvalue weighted by Gasteiger charge is -2.02. The van der Waals surface area contributed by atoms with Crippen LogP contribution in [0, 0.1) is 0 Å². The van der Waals surface area contributed by atoms with Gasteiger partial charge in [0, 0.05) is 24.0 Å². The van der Waals surface area contributed by atoms with Gasteiger partial charge in [-0.2, -0.15) is 0 Å². The van der Waals surface area contributed by atoms with Crippen LogP contribution in [0.1, 0.15) is 15.9 Å². The Labute approximate surface area is 126 Å². The number of fused-ring (bicyclic) bond motifs is 1. The lowest BCUT2D eigenvalue weighted by molar-refractivity contribution is 0.104. The van der Waals surface area contributed by atoms with Gasteiger partial charge in [0.2, 0.25) is 0 Å². The topological polar surface area (TPSA) is 120 Å². The molecular weight excluding hydrogens is 282 g/mol. The van der Waals surface area contributed by atoms with Crippen molar-refractivity contribution < 1.29 is 9.90 Å². The number of nitrogens with zero attached hydrogens (tertiary/aromatic N) is 3. The molecule has 0 unspecified atom stereocenters. The Balaban J connectivity index is 2.20. The summed E-state index contributed by atoms with van der Waals surface area (Å²) in [7, 11) is 0. The van der Waals surface area contributed by atoms with E-state index in [1.807, 2.05) is 0 Å². The van der Waals surface area contributed by atoms with Crippen LogP contribution >= 0.6 is 0 Å². The molecule has 0 amide bonds. The second kappa shape index (κ2) is 5.45. The summed E-state index contributed by atoms with van der Waals surface area (Å²) in [5.41, 5.74) is 13.5. The lowest BCUT2D eigenvalue weighted by Crippen LogP contribution is -2.03. The van der Waals surface area contributed by atoms with E-state index in [1.165, 1.54) is 6.33 Å². The maximum atomic E-state index is 12.7. The van der Waals surface area contributed by atoms with Crippen molar-refractivity contribution in [3.8, 4) is 0 Å². The van der Waals surface area contributed by atoms with Crippen molar-refractivity contribution in [2.75, 3.05) is 18.1 Å². The van der Waals surface area contributed by atoms with Gasteiger partial charge in [0.25, 0.3) is 0 Å². The van der Waals surface area contributed by atoms with E-state index in [2.05, 4.69) is 9.97 Å². The van der Waals surface area contributed by atoms with E-state index in [0.29, 0.717) is 34.4 Å². The van der Waals surface area contributed by atoms with E-state index in [4.69, 9.17) is 16.6 Å². The fourth-order valence-electron chi connectivity index (χ4n) is 2.43. The molecule has 0 saturated heterocycles. The Kier molecular flexibility index (Phi) is 3.48. The molecule has 7 heteroatoms. The molecule has 0 fully saturated rings. The van der Waals surface area contributed by atoms with Crippen LogP contribution in [-0.2, 0) is 6.54 Å². The molecule has 0 radical (unpaired) electrons. The normalized spacial score (nSPS) is 11.0. The van der Waals surface area contributed by atoms with Gasteiger partial charge in [0.1, 0.15) is 17.8 Å². The van der Waals surface area contributed by atoms with Crippen molar-refractivity contribution >= 4 is 28.3 Å². The molecule has 3 aromatic rings. The van der Waals surface area contributed by atoms with Gasteiger partial charge in [-0.25, -0.2) is 9.97 Å². The lowest BCUT2D eigenvalue weighted by atomic mass is 10.0. The molecule has 0 atom stereocenters. The predicted octanol–water partition coefficient (Wildman–Crippen LogP) is 0.819. The highest BCUT2D eigenvalue weighted by molar-refractivity contribution is 6.18. The molecular formula is C15H15N5O2. The molecule has 1 aromatic carbocycles. The van der Waals surface area contributed by atoms with E-state index in [9.17, 15) is 4.79 Å². The monoisotopic (exact) mass is 297 g/mol. The standard InChI is InChI=1S/C15H15N5O2/c16-10-3-1-2-9(6-10)13(22)11-7-20(4-5-21)15-12(11)14(17)18-8-19-15/h1-3,6-8,21H,4-5,16H2,(H2,17,18,19). The van der Waals surface area contributed by atoms with E-state index in [0.717, 1.165) is 0 Å². The van der Waals surface area contributed by atoms with Gasteiger partial charge in [0.15, 0.2) is 5.78 Å². The van der Waals surface area contributed by atoms with Crippen molar-refractivity contribution in [2.24, 2.45) is 0 Å². The summed E-state index contributed by atoms with van der Waals surface area (Å²) in [5, 5.41) is 9.64. The first-order valence-corrected chi connectivity index (χ1v) is 6.72. The van der Waals surface area contributed by atoms with Gasteiger partial charge in [-0.15, -0.1) is 0 Å². The van der Waals surface area contributed by atoms with Gasteiger partial charge in [-0.05, 0) is 12.1 Å². The van der Waals surface area contributed by atoms with E-state index >= 15 is 0 Å². The summed E-state index contributed by atoms with van der Waals surface area (Å²) in [6.07, 6.45) is 2.97. The summed E-state index contributed by atoms with van der Waals surface area (Å²) in [6, 6.07) is 6.73. The Morgan fingerprint density at radius 3 is 2.82 bits per heavy atom. The fraction of sp³-hybridized carbons (Fsp3) is 0.133. The highest BCUT2D eigenvalue weighted by Gasteiger charge is 2.20. The van der Waals surface area contributed by atoms with Crippen LogP contribution in [0.15, 0.2) is 36.8 Å². The van der Waals surface area contributed by atoms with Crippen LogP contribution in [0.2, 0.25) is 0 Å². The van der Waals surface area contributed by atoms with Crippen molar-refractivity contribution in [1.82, 2.24) is 14.5 Å². The van der Waals surface area contributed by atoms with Crippen LogP contribution in [0.25, 0.3) is 11.0 Å². The van der Waals surface area contributed by atoms with E-state index in [-0.39, 0.29) is 18.2 Å². The summed E-state index contributed by atoms with van der Waals surface area (Å²) < 4.78 is 1.69. The molecule has 0 aliphatic carbocycles. The average molecular weight is 297 g/mol. The summed E-state index contributed by atoms with van der Waals surface area (Å²) in [6.45, 7) is 0.247. The molecule has 0 saturated carbocycles. The quantitative estimate of drug-likeness (QED) is 0.484. The van der Waals surface area contributed by atoms with Crippen molar-refractivity contribution in [3.63, 3.8) is 0 Å². The highest BCUT2D eigenvalue weighted by Crippen LogP contribution is 2.26. The Morgan fingerprint density at radius 1 is 1.27 bits per heavy atom. The second-order valence-electron chi connectivity index (χ2n) is 4.87. The van der Waals surface area contributed by atoms with E-state index < -0.39 is 0 Å². The number of nitrogen functional groups attached to an aromatic ring is 2. The minimum atomic E-state index is -0.213. The zero-order valence-electron chi connectivity index (χ0n) is 11.7. The third-order valence-corrected chi connectivity index (χ3v) is 3.42. The molecule has 2 aromatic heterocycles. The number of nitrogens with two attached hydrogens (primary N) is 2. The second-order valence-corrected chi connectivity index (χ2v) is 4.87. The van der Waals surface area contributed by atoms with Crippen LogP contribution in [0.4, 0.5) is 11.5 Å². The SMILES string of the molecule is Nc1cccc(C(=O)c2cn(CCO)c3ncnc(N)c23)c1. The van der Waals surface area contributed by atoms with Gasteiger partial charge in [0.05, 0.1) is 17.6 Å². The molecule has 0 aliphatic rings. The van der Waals surface area contributed by atoms with Crippen LogP contribution in [-0.4, -0.2) is 32.0 Å². The number of aromatic nitrogens is 3. The number of benzene rings is 1. The smallest absolute Gasteiger partial charge is 0.195 e. The zero-order valence-corrected chi connectivity index (χ0v) is 11.7. The molecule has 112 valence electrons. The van der Waals surface area contributed by atoms with Gasteiger partial charge >= 0.3 is 0 Å². The number of hydrogen-bond donors (Lipinski definition) is 3. The number of ketones is 1. The van der Waals surface area contributed by atoms with E-state index in [1.54, 1.807) is 35.0 Å². The summed E-state index contributed by atoms with van der Waals surface area (Å²) in [5.74, 6) is 0.0180. The molecule has 22 heavy (non-hydrogen) atoms. The molecule has 7 nitrogen and oxygen atoms in total. The number of carbonyl (C=O) groups excluding carboxylic acids is 1. The van der Waals surface area contributed by atoms with Crippen molar-refractivity contribution in [3.05, 3.63) is 47.9 Å². The van der Waals surface area contributed by atoms with Crippen LogP contribution < -0.4 is 11.5 Å². The Hall–Kier alpha value is -2.93. The van der Waals surface area contributed by atoms with Crippen molar-refractivity contribution in [2.45, 2.75) is 6.54 Å². The van der Waals surface area contributed by atoms with Gasteiger partial charge in [-0.1, -0.05) is 12.1 Å². The Morgan fingerprint density at radius 2 is 2.09 bits per heavy atom. The highest BCUT2D eigenvalue weighted by atomic mass is 16.3. The number of aliphatic hydroxyl groups excluding tert-OH is 1. The molecule has 0 spiro atoms. The largest absolute Gasteiger partial charge is 0.399 e. The Bertz CT molecular complexity index is 856. The molecule has 0 bridgehead atoms. The first-order chi connectivity index (χ1) is 10.6. The number of anilines is 2. The van der Waals surface area contributed by atoms with Gasteiger partial charge < -0.3 is 21.1 Å². The first kappa shape index (κ1) is 14.0. The number of aliphatic hydroxyl groups is 1. The van der Waals surface area contributed by atoms with Crippen LogP contribution in [0.3, 0.4) is 0 Å². The molecule has 5 N–H and O–H groups in total. The maximum absolute atomic E-state index is 12.7. The minimum absolute atomic E-state index is 0.0698. The summed E-state index contributed by atoms with van der Waals surface area (Å²) >= 11 is 0. The number of hydrogen-bond acceptors (Lipinski definition) is 6. The third-order valence-electron chi connectivity index (χ3n) is 3.42. The fourth-order valence-corrected chi connectivity index (χ4v) is 2.43. The zero-order chi connectivity index (χ0) is 15.7. The third kappa shape index (κ3) is 2.27. The molecule has 3 rings (SSSR count). The minimum Gasteiger partial charge on any atom is -0.399 e.